The van der Waals surface area contributed by atoms with Crippen LogP contribution in [-0.2, 0) is 19.5 Å². The molecule has 2 aromatic rings. The van der Waals surface area contributed by atoms with E-state index in [1.54, 1.807) is 19.2 Å². The zero-order valence-electron chi connectivity index (χ0n) is 18.1. The van der Waals surface area contributed by atoms with Crippen molar-refractivity contribution in [1.82, 2.24) is 0 Å². The summed E-state index contributed by atoms with van der Waals surface area (Å²) in [4.78, 5) is 12.0. The molecule has 174 valence electrons. The Bertz CT molecular complexity index is 1230. The van der Waals surface area contributed by atoms with Crippen LogP contribution in [0.15, 0.2) is 35.2 Å². The molecule has 0 aromatic heterocycles. The minimum Gasteiger partial charge on any atom is -0.485 e. The number of halogens is 1. The van der Waals surface area contributed by atoms with Crippen molar-refractivity contribution < 1.29 is 27.4 Å². The molecule has 2 saturated carbocycles. The van der Waals surface area contributed by atoms with Gasteiger partial charge in [-0.2, -0.15) is 5.26 Å². The van der Waals surface area contributed by atoms with Gasteiger partial charge >= 0.3 is 5.97 Å². The number of carbonyl (C=O) groups is 1. The summed E-state index contributed by atoms with van der Waals surface area (Å²) in [5.74, 6) is -0.325. The second kappa shape index (κ2) is 9.21. The van der Waals surface area contributed by atoms with E-state index in [4.69, 9.17) is 25.8 Å². The number of hydrogen-bond acceptors (Lipinski definition) is 7. The number of benzene rings is 2. The number of anilines is 1. The maximum Gasteiger partial charge on any atom is 0.337 e. The standard InChI is InChI=1S/C23H23ClN2O6S/c1-30-19-7-8-20(19)32-21-11-17(24)15(12-25)9-18(21)26-33(28,29)22-10-14(23(27)31-2)5-6-16(22)13-3-4-13/h5-6,9-11,13,19-20,26H,3-4,7-8H2,1-2H3. The lowest BCUT2D eigenvalue weighted by atomic mass is 9.92. The Kier molecular flexibility index (Phi) is 6.52. The van der Waals surface area contributed by atoms with Crippen LogP contribution in [0, 0.1) is 11.3 Å². The molecule has 0 saturated heterocycles. The quantitative estimate of drug-likeness (QED) is 0.550. The normalized spacial score (nSPS) is 19.8. The molecule has 2 aliphatic carbocycles. The highest BCUT2D eigenvalue weighted by Crippen LogP contribution is 2.44. The van der Waals surface area contributed by atoms with Crippen LogP contribution in [0.4, 0.5) is 5.69 Å². The van der Waals surface area contributed by atoms with Gasteiger partial charge in [-0.3, -0.25) is 4.72 Å². The monoisotopic (exact) mass is 490 g/mol. The Balaban J connectivity index is 1.73. The number of hydrogen-bond donors (Lipinski definition) is 1. The Morgan fingerprint density at radius 1 is 1.12 bits per heavy atom. The molecule has 10 heteroatoms. The molecule has 0 radical (unpaired) electrons. The van der Waals surface area contributed by atoms with Crippen LogP contribution in [0.5, 0.6) is 5.75 Å². The second-order valence-electron chi connectivity index (χ2n) is 8.07. The van der Waals surface area contributed by atoms with Crippen LogP contribution in [0.1, 0.15) is 53.1 Å². The summed E-state index contributed by atoms with van der Waals surface area (Å²) < 4.78 is 45.6. The van der Waals surface area contributed by atoms with Gasteiger partial charge < -0.3 is 14.2 Å². The fourth-order valence-electron chi connectivity index (χ4n) is 3.77. The summed E-state index contributed by atoms with van der Waals surface area (Å²) in [7, 11) is -1.32. The predicted molar refractivity (Wildman–Crippen MR) is 121 cm³/mol. The van der Waals surface area contributed by atoms with Crippen LogP contribution in [0.3, 0.4) is 0 Å². The molecule has 0 spiro atoms. The maximum atomic E-state index is 13.5. The van der Waals surface area contributed by atoms with E-state index in [9.17, 15) is 18.5 Å². The first-order chi connectivity index (χ1) is 15.8. The first-order valence-corrected chi connectivity index (χ1v) is 12.3. The van der Waals surface area contributed by atoms with E-state index in [2.05, 4.69) is 4.72 Å². The minimum atomic E-state index is -4.14. The van der Waals surface area contributed by atoms with Gasteiger partial charge in [0.05, 0.1) is 39.9 Å². The Morgan fingerprint density at radius 3 is 2.42 bits per heavy atom. The molecule has 1 N–H and O–H groups in total. The second-order valence-corrected chi connectivity index (χ2v) is 10.1. The molecule has 0 heterocycles. The molecule has 2 aliphatic rings. The lowest BCUT2D eigenvalue weighted by Gasteiger charge is -2.35. The van der Waals surface area contributed by atoms with Gasteiger partial charge in [0.25, 0.3) is 10.0 Å². The topological polar surface area (TPSA) is 115 Å². The van der Waals surface area contributed by atoms with Crippen molar-refractivity contribution >= 4 is 33.3 Å². The van der Waals surface area contributed by atoms with Crippen molar-refractivity contribution in [2.45, 2.75) is 48.7 Å². The fraction of sp³-hybridized carbons (Fsp3) is 0.391. The highest BCUT2D eigenvalue weighted by Gasteiger charge is 2.35. The van der Waals surface area contributed by atoms with Crippen molar-refractivity contribution in [1.29, 1.82) is 5.26 Å². The van der Waals surface area contributed by atoms with E-state index in [1.807, 2.05) is 6.07 Å². The third kappa shape index (κ3) is 4.78. The SMILES string of the molecule is COC(=O)c1ccc(C2CC2)c(S(=O)(=O)Nc2cc(C#N)c(Cl)cc2OC2CCC2OC)c1. The maximum absolute atomic E-state index is 13.5. The molecule has 4 rings (SSSR count). The molecule has 33 heavy (non-hydrogen) atoms. The number of nitriles is 1. The van der Waals surface area contributed by atoms with E-state index in [-0.39, 0.29) is 50.6 Å². The largest absolute Gasteiger partial charge is 0.485 e. The van der Waals surface area contributed by atoms with E-state index >= 15 is 0 Å². The van der Waals surface area contributed by atoms with Gasteiger partial charge in [-0.1, -0.05) is 17.7 Å². The fourth-order valence-corrected chi connectivity index (χ4v) is 5.35. The number of esters is 1. The van der Waals surface area contributed by atoms with Crippen LogP contribution in [-0.4, -0.2) is 40.8 Å². The summed E-state index contributed by atoms with van der Waals surface area (Å²) >= 11 is 6.19. The molecular weight excluding hydrogens is 468 g/mol. The summed E-state index contributed by atoms with van der Waals surface area (Å²) in [6.45, 7) is 0. The molecule has 2 atom stereocenters. The van der Waals surface area contributed by atoms with Crippen LogP contribution in [0.2, 0.25) is 5.02 Å². The van der Waals surface area contributed by atoms with Gasteiger partial charge in [-0.25, -0.2) is 13.2 Å². The Labute approximate surface area is 197 Å². The summed E-state index contributed by atoms with van der Waals surface area (Å²) in [6.07, 6.45) is 2.95. The minimum absolute atomic E-state index is 0.00859. The summed E-state index contributed by atoms with van der Waals surface area (Å²) in [5.41, 5.74) is 0.947. The zero-order chi connectivity index (χ0) is 23.8. The average Bonchev–Trinajstić information content (AvgIpc) is 3.62. The Hall–Kier alpha value is -2.80. The van der Waals surface area contributed by atoms with Gasteiger partial charge in [0.1, 0.15) is 17.9 Å². The molecule has 0 aliphatic heterocycles. The van der Waals surface area contributed by atoms with Crippen molar-refractivity contribution in [3.8, 4) is 11.8 Å². The van der Waals surface area contributed by atoms with Crippen LogP contribution >= 0.6 is 11.6 Å². The van der Waals surface area contributed by atoms with Crippen molar-refractivity contribution in [3.63, 3.8) is 0 Å². The number of carbonyl (C=O) groups excluding carboxylic acids is 1. The number of rotatable bonds is 8. The van der Waals surface area contributed by atoms with E-state index in [0.29, 0.717) is 5.56 Å². The van der Waals surface area contributed by atoms with Gasteiger partial charge in [0.15, 0.2) is 0 Å². The van der Waals surface area contributed by atoms with Crippen molar-refractivity contribution in [2.24, 2.45) is 0 Å². The molecule has 0 amide bonds. The number of nitrogens with one attached hydrogen (secondary N) is 1. The number of sulfonamides is 1. The lowest BCUT2D eigenvalue weighted by Crippen LogP contribution is -2.42. The summed E-state index contributed by atoms with van der Waals surface area (Å²) in [5, 5.41) is 9.54. The smallest absolute Gasteiger partial charge is 0.337 e. The predicted octanol–water partition coefficient (Wildman–Crippen LogP) is 4.23. The van der Waals surface area contributed by atoms with Gasteiger partial charge in [0, 0.05) is 13.2 Å². The van der Waals surface area contributed by atoms with Crippen LogP contribution < -0.4 is 9.46 Å². The number of methoxy groups -OCH3 is 2. The average molecular weight is 491 g/mol. The van der Waals surface area contributed by atoms with E-state index in [1.165, 1.54) is 25.3 Å². The van der Waals surface area contributed by atoms with Gasteiger partial charge in [-0.05, 0) is 55.4 Å². The van der Waals surface area contributed by atoms with Crippen LogP contribution in [0.25, 0.3) is 0 Å². The number of nitrogens with zero attached hydrogens (tertiary/aromatic N) is 1. The molecule has 2 unspecified atom stereocenters. The molecule has 2 aromatic carbocycles. The lowest BCUT2D eigenvalue weighted by molar-refractivity contribution is -0.0622. The first-order valence-electron chi connectivity index (χ1n) is 10.5. The number of ether oxygens (including phenoxy) is 3. The third-order valence-electron chi connectivity index (χ3n) is 5.91. The van der Waals surface area contributed by atoms with Crippen molar-refractivity contribution in [2.75, 3.05) is 18.9 Å². The van der Waals surface area contributed by atoms with E-state index < -0.39 is 16.0 Å². The summed E-state index contributed by atoms with van der Waals surface area (Å²) in [6, 6.07) is 9.25. The molecule has 8 nitrogen and oxygen atoms in total. The zero-order valence-corrected chi connectivity index (χ0v) is 19.7. The van der Waals surface area contributed by atoms with Crippen molar-refractivity contribution in [3.05, 3.63) is 52.0 Å². The molecule has 0 bridgehead atoms. The third-order valence-corrected chi connectivity index (χ3v) is 7.64. The Morgan fingerprint density at radius 2 is 1.85 bits per heavy atom. The van der Waals surface area contributed by atoms with E-state index in [0.717, 1.165) is 25.7 Å². The van der Waals surface area contributed by atoms with Gasteiger partial charge in [0.2, 0.25) is 0 Å². The highest BCUT2D eigenvalue weighted by atomic mass is 35.5. The highest BCUT2D eigenvalue weighted by molar-refractivity contribution is 7.92. The first kappa shape index (κ1) is 23.4. The molecule has 2 fully saturated rings. The van der Waals surface area contributed by atoms with Gasteiger partial charge in [-0.15, -0.1) is 0 Å². The molecular formula is C23H23ClN2O6S.